The summed E-state index contributed by atoms with van der Waals surface area (Å²) in [5.74, 6) is 1.68. The van der Waals surface area contributed by atoms with Crippen LogP contribution in [0.25, 0.3) is 0 Å². The first-order chi connectivity index (χ1) is 9.49. The molecule has 4 heteroatoms. The number of nitrogens with two attached hydrogens (primary N) is 1. The van der Waals surface area contributed by atoms with Crippen molar-refractivity contribution in [3.63, 3.8) is 0 Å². The van der Waals surface area contributed by atoms with E-state index in [0.717, 1.165) is 11.8 Å². The molecule has 1 aliphatic rings. The third kappa shape index (κ3) is 4.06. The van der Waals surface area contributed by atoms with E-state index in [4.69, 9.17) is 5.73 Å². The van der Waals surface area contributed by atoms with Gasteiger partial charge in [-0.2, -0.15) is 0 Å². The number of hydrogen-bond donors (Lipinski definition) is 1. The molecular weight excluding hydrogens is 332 g/mol. The van der Waals surface area contributed by atoms with Gasteiger partial charge in [-0.15, -0.1) is 11.3 Å². The highest BCUT2D eigenvalue weighted by Crippen LogP contribution is 2.34. The number of halogens is 1. The van der Waals surface area contributed by atoms with Gasteiger partial charge in [0.15, 0.2) is 0 Å². The summed E-state index contributed by atoms with van der Waals surface area (Å²) in [6.07, 6.45) is 3.99. The summed E-state index contributed by atoms with van der Waals surface area (Å²) in [7, 11) is 0. The summed E-state index contributed by atoms with van der Waals surface area (Å²) >= 11 is 5.39. The third-order valence-corrected chi connectivity index (χ3v) is 6.29. The Morgan fingerprint density at radius 2 is 2.05 bits per heavy atom. The van der Waals surface area contributed by atoms with Crippen LogP contribution in [-0.4, -0.2) is 24.0 Å². The lowest BCUT2D eigenvalue weighted by atomic mass is 9.89. The van der Waals surface area contributed by atoms with Crippen LogP contribution < -0.4 is 5.73 Å². The lowest BCUT2D eigenvalue weighted by Crippen LogP contribution is -2.39. The molecule has 0 bridgehead atoms. The third-order valence-electron chi connectivity index (χ3n) is 4.52. The fourth-order valence-corrected chi connectivity index (χ4v) is 5.04. The van der Waals surface area contributed by atoms with Crippen molar-refractivity contribution in [2.45, 2.75) is 52.1 Å². The average molecular weight is 359 g/mol. The molecule has 2 N–H and O–H groups in total. The first-order valence-corrected chi connectivity index (χ1v) is 9.40. The van der Waals surface area contributed by atoms with Gasteiger partial charge in [0.25, 0.3) is 0 Å². The summed E-state index contributed by atoms with van der Waals surface area (Å²) in [5.41, 5.74) is 6.30. The Bertz CT molecular complexity index is 416. The van der Waals surface area contributed by atoms with E-state index in [9.17, 15) is 0 Å². The van der Waals surface area contributed by atoms with E-state index in [2.05, 4.69) is 53.0 Å². The fraction of sp³-hybridized carbons (Fsp3) is 0.750. The van der Waals surface area contributed by atoms with Crippen molar-refractivity contribution in [3.05, 3.63) is 20.8 Å². The van der Waals surface area contributed by atoms with Crippen molar-refractivity contribution in [3.8, 4) is 0 Å². The molecule has 1 saturated heterocycles. The fourth-order valence-electron chi connectivity index (χ4n) is 3.34. The van der Waals surface area contributed by atoms with Crippen LogP contribution in [0.2, 0.25) is 0 Å². The Labute approximate surface area is 135 Å². The number of rotatable bonds is 4. The van der Waals surface area contributed by atoms with Crippen LogP contribution in [0.3, 0.4) is 0 Å². The molecule has 1 fully saturated rings. The minimum Gasteiger partial charge on any atom is -0.326 e. The minimum atomic E-state index is 0.177. The number of hydrogen-bond acceptors (Lipinski definition) is 3. The summed E-state index contributed by atoms with van der Waals surface area (Å²) < 4.78 is 1.18. The Kier molecular flexibility index (Phi) is 6.09. The van der Waals surface area contributed by atoms with Crippen LogP contribution in [0.15, 0.2) is 15.9 Å². The van der Waals surface area contributed by atoms with Gasteiger partial charge in [-0.1, -0.05) is 13.8 Å². The monoisotopic (exact) mass is 358 g/mol. The molecule has 3 unspecified atom stereocenters. The zero-order chi connectivity index (χ0) is 14.7. The van der Waals surface area contributed by atoms with Gasteiger partial charge in [0.2, 0.25) is 0 Å². The van der Waals surface area contributed by atoms with Crippen LogP contribution in [0, 0.1) is 11.8 Å². The average Bonchev–Trinajstić information content (AvgIpc) is 2.63. The molecule has 1 aromatic rings. The highest BCUT2D eigenvalue weighted by Gasteiger charge is 2.28. The minimum absolute atomic E-state index is 0.177. The van der Waals surface area contributed by atoms with Gasteiger partial charge >= 0.3 is 0 Å². The summed E-state index contributed by atoms with van der Waals surface area (Å²) in [4.78, 5) is 4.01. The van der Waals surface area contributed by atoms with Crippen molar-refractivity contribution in [1.29, 1.82) is 0 Å². The maximum absolute atomic E-state index is 6.30. The molecular formula is C16H27BrN2S. The van der Waals surface area contributed by atoms with Crippen molar-refractivity contribution < 1.29 is 0 Å². The predicted octanol–water partition coefficient (Wildman–Crippen LogP) is 4.66. The van der Waals surface area contributed by atoms with Gasteiger partial charge in [-0.3, -0.25) is 4.90 Å². The van der Waals surface area contributed by atoms with Crippen molar-refractivity contribution in [1.82, 2.24) is 4.90 Å². The highest BCUT2D eigenvalue weighted by molar-refractivity contribution is 9.10. The van der Waals surface area contributed by atoms with E-state index in [1.807, 2.05) is 11.3 Å². The Morgan fingerprint density at radius 3 is 2.60 bits per heavy atom. The predicted molar refractivity (Wildman–Crippen MR) is 92.2 cm³/mol. The molecule has 2 nitrogen and oxygen atoms in total. The summed E-state index contributed by atoms with van der Waals surface area (Å²) in [6.45, 7) is 9.23. The quantitative estimate of drug-likeness (QED) is 0.847. The molecule has 0 spiro atoms. The molecule has 2 rings (SSSR count). The molecule has 3 atom stereocenters. The SMILES string of the molecule is CC(C)C1CCCN(C(c2cc(Br)cs2)C(C)N)CC1. The number of nitrogens with zero attached hydrogens (tertiary/aromatic N) is 1. The van der Waals surface area contributed by atoms with Gasteiger partial charge < -0.3 is 5.73 Å². The Balaban J connectivity index is 2.10. The summed E-state index contributed by atoms with van der Waals surface area (Å²) in [6, 6.07) is 2.79. The molecule has 20 heavy (non-hydrogen) atoms. The largest absolute Gasteiger partial charge is 0.326 e. The Hall–Kier alpha value is 0.1000. The molecule has 0 saturated carbocycles. The molecule has 0 aromatic carbocycles. The molecule has 0 radical (unpaired) electrons. The van der Waals surface area contributed by atoms with Crippen molar-refractivity contribution in [2.75, 3.05) is 13.1 Å². The van der Waals surface area contributed by atoms with Crippen LogP contribution in [-0.2, 0) is 0 Å². The lowest BCUT2D eigenvalue weighted by Gasteiger charge is -2.33. The number of likely N-dealkylation sites (tertiary alicyclic amines) is 1. The summed E-state index contributed by atoms with van der Waals surface area (Å²) in [5, 5.41) is 2.17. The normalized spacial score (nSPS) is 24.6. The van der Waals surface area contributed by atoms with Crippen LogP contribution in [0.5, 0.6) is 0 Å². The van der Waals surface area contributed by atoms with Crippen molar-refractivity contribution in [2.24, 2.45) is 17.6 Å². The maximum Gasteiger partial charge on any atom is 0.0591 e. The second kappa shape index (κ2) is 7.39. The standard InChI is InChI=1S/C16H27BrN2S/c1-11(2)13-5-4-7-19(8-6-13)16(12(3)18)15-9-14(17)10-20-15/h9-13,16H,4-8,18H2,1-3H3. The van der Waals surface area contributed by atoms with E-state index < -0.39 is 0 Å². The van der Waals surface area contributed by atoms with Crippen molar-refractivity contribution >= 4 is 27.3 Å². The molecule has 1 aromatic heterocycles. The van der Waals surface area contributed by atoms with Gasteiger partial charge in [0.1, 0.15) is 0 Å². The zero-order valence-corrected chi connectivity index (χ0v) is 15.2. The smallest absolute Gasteiger partial charge is 0.0591 e. The van der Waals surface area contributed by atoms with Crippen LogP contribution in [0.1, 0.15) is 51.0 Å². The van der Waals surface area contributed by atoms with E-state index in [1.165, 1.54) is 41.7 Å². The van der Waals surface area contributed by atoms with Crippen LogP contribution in [0.4, 0.5) is 0 Å². The molecule has 1 aliphatic heterocycles. The molecule has 0 aliphatic carbocycles. The molecule has 0 amide bonds. The molecule has 2 heterocycles. The van der Waals surface area contributed by atoms with Crippen LogP contribution >= 0.6 is 27.3 Å². The number of thiophene rings is 1. The van der Waals surface area contributed by atoms with E-state index in [-0.39, 0.29) is 6.04 Å². The van der Waals surface area contributed by atoms with E-state index >= 15 is 0 Å². The first kappa shape index (κ1) is 16.5. The second-order valence-electron chi connectivity index (χ2n) is 6.44. The van der Waals surface area contributed by atoms with Gasteiger partial charge in [0, 0.05) is 20.8 Å². The molecule has 114 valence electrons. The highest BCUT2D eigenvalue weighted by atomic mass is 79.9. The van der Waals surface area contributed by atoms with Gasteiger partial charge in [0.05, 0.1) is 6.04 Å². The zero-order valence-electron chi connectivity index (χ0n) is 12.8. The Morgan fingerprint density at radius 1 is 1.30 bits per heavy atom. The maximum atomic E-state index is 6.30. The van der Waals surface area contributed by atoms with E-state index in [0.29, 0.717) is 6.04 Å². The van der Waals surface area contributed by atoms with E-state index in [1.54, 1.807) is 0 Å². The first-order valence-electron chi connectivity index (χ1n) is 7.72. The lowest BCUT2D eigenvalue weighted by molar-refractivity contribution is 0.181. The van der Waals surface area contributed by atoms with Gasteiger partial charge in [-0.25, -0.2) is 0 Å². The second-order valence-corrected chi connectivity index (χ2v) is 8.30. The van der Waals surface area contributed by atoms with Gasteiger partial charge in [-0.05, 0) is 73.1 Å². The topological polar surface area (TPSA) is 29.3 Å².